The number of anilines is 1. The Morgan fingerprint density at radius 2 is 1.86 bits per heavy atom. The number of rotatable bonds is 6. The first-order chi connectivity index (χ1) is 10.2. The average molecular weight is 306 g/mol. The van der Waals surface area contributed by atoms with Gasteiger partial charge in [-0.05, 0) is 37.0 Å². The Morgan fingerprint density at radius 3 is 2.36 bits per heavy atom. The van der Waals surface area contributed by atoms with E-state index in [-0.39, 0.29) is 11.8 Å². The molecule has 120 valence electrons. The molecule has 0 aromatic heterocycles. The molecule has 0 radical (unpaired) electrons. The minimum absolute atomic E-state index is 0.146. The smallest absolute Gasteiger partial charge is 0.326 e. The molecule has 6 nitrogen and oxygen atoms in total. The highest BCUT2D eigenvalue weighted by atomic mass is 16.4. The van der Waals surface area contributed by atoms with Gasteiger partial charge in [0, 0.05) is 18.2 Å². The normalized spacial score (nSPS) is 11.9. The van der Waals surface area contributed by atoms with Crippen molar-refractivity contribution in [2.45, 2.75) is 40.2 Å². The molecule has 6 heteroatoms. The van der Waals surface area contributed by atoms with Crippen molar-refractivity contribution < 1.29 is 19.5 Å². The molecule has 0 saturated carbocycles. The number of amides is 2. The zero-order valence-corrected chi connectivity index (χ0v) is 13.3. The van der Waals surface area contributed by atoms with E-state index >= 15 is 0 Å². The van der Waals surface area contributed by atoms with Crippen LogP contribution in [0.5, 0.6) is 0 Å². The highest BCUT2D eigenvalue weighted by Crippen LogP contribution is 2.19. The number of carboxylic acids is 1. The first-order valence-corrected chi connectivity index (χ1v) is 7.13. The molecule has 0 fully saturated rings. The van der Waals surface area contributed by atoms with Crippen LogP contribution in [-0.2, 0) is 9.59 Å². The Balaban J connectivity index is 2.97. The van der Waals surface area contributed by atoms with Crippen molar-refractivity contribution in [2.75, 3.05) is 5.32 Å². The third kappa shape index (κ3) is 4.87. The summed E-state index contributed by atoms with van der Waals surface area (Å²) in [4.78, 5) is 34.7. The lowest BCUT2D eigenvalue weighted by atomic mass is 10.0. The second kappa shape index (κ2) is 7.59. The Labute approximate surface area is 129 Å². The zero-order chi connectivity index (χ0) is 16.9. The lowest BCUT2D eigenvalue weighted by Gasteiger charge is -2.18. The molecular formula is C16H22N2O4. The van der Waals surface area contributed by atoms with Crippen LogP contribution >= 0.6 is 0 Å². The van der Waals surface area contributed by atoms with E-state index in [9.17, 15) is 19.5 Å². The van der Waals surface area contributed by atoms with E-state index in [2.05, 4.69) is 10.6 Å². The number of benzene rings is 1. The van der Waals surface area contributed by atoms with Crippen LogP contribution in [0.4, 0.5) is 5.69 Å². The van der Waals surface area contributed by atoms with E-state index in [4.69, 9.17) is 0 Å². The molecule has 0 heterocycles. The molecule has 0 aliphatic rings. The largest absolute Gasteiger partial charge is 0.480 e. The fourth-order valence-electron chi connectivity index (χ4n) is 2.14. The first-order valence-electron chi connectivity index (χ1n) is 7.13. The van der Waals surface area contributed by atoms with Gasteiger partial charge in [-0.15, -0.1) is 0 Å². The molecule has 22 heavy (non-hydrogen) atoms. The number of carboxylic acid groups (broad SMARTS) is 1. The fraction of sp³-hybridized carbons (Fsp3) is 0.438. The van der Waals surface area contributed by atoms with Crippen molar-refractivity contribution >= 4 is 23.5 Å². The zero-order valence-electron chi connectivity index (χ0n) is 13.3. The first kappa shape index (κ1) is 17.7. The van der Waals surface area contributed by atoms with E-state index in [1.165, 1.54) is 6.92 Å². The summed E-state index contributed by atoms with van der Waals surface area (Å²) in [6.07, 6.45) is 0.353. The fourth-order valence-corrected chi connectivity index (χ4v) is 2.14. The number of aliphatic carboxylic acids is 1. The maximum absolute atomic E-state index is 12.3. The molecule has 0 aliphatic heterocycles. The van der Waals surface area contributed by atoms with Crippen LogP contribution in [0.3, 0.4) is 0 Å². The summed E-state index contributed by atoms with van der Waals surface area (Å²) in [7, 11) is 0. The number of carbonyl (C=O) groups is 3. The third-order valence-corrected chi connectivity index (χ3v) is 3.20. The Morgan fingerprint density at radius 1 is 1.23 bits per heavy atom. The van der Waals surface area contributed by atoms with Crippen LogP contribution in [0.25, 0.3) is 0 Å². The van der Waals surface area contributed by atoms with E-state index in [0.29, 0.717) is 23.2 Å². The van der Waals surface area contributed by atoms with Gasteiger partial charge in [0.1, 0.15) is 6.04 Å². The van der Waals surface area contributed by atoms with Gasteiger partial charge in [-0.1, -0.05) is 19.9 Å². The molecule has 0 bridgehead atoms. The van der Waals surface area contributed by atoms with Crippen molar-refractivity contribution in [3.05, 3.63) is 29.3 Å². The lowest BCUT2D eigenvalue weighted by Crippen LogP contribution is -2.41. The van der Waals surface area contributed by atoms with Gasteiger partial charge in [0.2, 0.25) is 5.91 Å². The molecule has 0 unspecified atom stereocenters. The molecule has 2 amide bonds. The van der Waals surface area contributed by atoms with Crippen LogP contribution in [0.2, 0.25) is 0 Å². The van der Waals surface area contributed by atoms with Crippen LogP contribution in [0, 0.1) is 12.8 Å². The van der Waals surface area contributed by atoms with Gasteiger partial charge < -0.3 is 15.7 Å². The quantitative estimate of drug-likeness (QED) is 0.750. The standard InChI is InChI=1S/C16H22N2O4/c1-9(2)8-14(16(21)22)18-15(20)12-6-5-7-13(10(12)3)17-11(4)19/h5-7,9,14H,8H2,1-4H3,(H,17,19)(H,18,20)(H,21,22)/t14-/m1/s1. The summed E-state index contributed by atoms with van der Waals surface area (Å²) in [6.45, 7) is 6.88. The summed E-state index contributed by atoms with van der Waals surface area (Å²) in [6, 6.07) is 4.00. The minimum atomic E-state index is -1.06. The van der Waals surface area contributed by atoms with Crippen LogP contribution in [-0.4, -0.2) is 28.9 Å². The van der Waals surface area contributed by atoms with E-state index in [1.54, 1.807) is 25.1 Å². The SMILES string of the molecule is CC(=O)Nc1cccc(C(=O)N[C@H](CC(C)C)C(=O)O)c1C. The highest BCUT2D eigenvalue weighted by Gasteiger charge is 2.22. The molecular weight excluding hydrogens is 284 g/mol. The van der Waals surface area contributed by atoms with Gasteiger partial charge in [0.15, 0.2) is 0 Å². The number of hydrogen-bond donors (Lipinski definition) is 3. The number of hydrogen-bond acceptors (Lipinski definition) is 3. The molecule has 1 atom stereocenters. The van der Waals surface area contributed by atoms with Crippen LogP contribution in [0.15, 0.2) is 18.2 Å². The maximum Gasteiger partial charge on any atom is 0.326 e. The Kier molecular flexibility index (Phi) is 6.10. The van der Waals surface area contributed by atoms with Gasteiger partial charge in [-0.3, -0.25) is 9.59 Å². The molecule has 1 aromatic rings. The Hall–Kier alpha value is -2.37. The van der Waals surface area contributed by atoms with Crippen molar-refractivity contribution in [2.24, 2.45) is 5.92 Å². The summed E-state index contributed by atoms with van der Waals surface area (Å²) in [5, 5.41) is 14.4. The summed E-state index contributed by atoms with van der Waals surface area (Å²) in [5.74, 6) is -1.60. The van der Waals surface area contributed by atoms with Gasteiger partial charge in [-0.25, -0.2) is 4.79 Å². The summed E-state index contributed by atoms with van der Waals surface area (Å²) >= 11 is 0. The van der Waals surface area contributed by atoms with Crippen molar-refractivity contribution in [3.63, 3.8) is 0 Å². The van der Waals surface area contributed by atoms with E-state index in [1.807, 2.05) is 13.8 Å². The predicted octanol–water partition coefficient (Wildman–Crippen LogP) is 2.18. The Bertz CT molecular complexity index is 582. The summed E-state index contributed by atoms with van der Waals surface area (Å²) in [5.41, 5.74) is 1.49. The molecule has 0 saturated heterocycles. The van der Waals surface area contributed by atoms with Crippen molar-refractivity contribution in [1.82, 2.24) is 5.32 Å². The van der Waals surface area contributed by atoms with Crippen molar-refractivity contribution in [3.8, 4) is 0 Å². The number of nitrogens with one attached hydrogen (secondary N) is 2. The van der Waals surface area contributed by atoms with Gasteiger partial charge in [-0.2, -0.15) is 0 Å². The predicted molar refractivity (Wildman–Crippen MR) is 83.8 cm³/mol. The highest BCUT2D eigenvalue weighted by molar-refractivity contribution is 6.00. The van der Waals surface area contributed by atoms with Crippen LogP contribution in [0.1, 0.15) is 43.1 Å². The molecule has 0 spiro atoms. The monoisotopic (exact) mass is 306 g/mol. The lowest BCUT2D eigenvalue weighted by molar-refractivity contribution is -0.139. The van der Waals surface area contributed by atoms with Gasteiger partial charge >= 0.3 is 5.97 Å². The minimum Gasteiger partial charge on any atom is -0.480 e. The van der Waals surface area contributed by atoms with Gasteiger partial charge in [0.05, 0.1) is 0 Å². The average Bonchev–Trinajstić information content (AvgIpc) is 2.39. The summed E-state index contributed by atoms with van der Waals surface area (Å²) < 4.78 is 0. The molecule has 1 rings (SSSR count). The topological polar surface area (TPSA) is 95.5 Å². The maximum atomic E-state index is 12.3. The molecule has 3 N–H and O–H groups in total. The van der Waals surface area contributed by atoms with Crippen molar-refractivity contribution in [1.29, 1.82) is 0 Å². The van der Waals surface area contributed by atoms with Crippen LogP contribution < -0.4 is 10.6 Å². The molecule has 0 aliphatic carbocycles. The van der Waals surface area contributed by atoms with Gasteiger partial charge in [0.25, 0.3) is 5.91 Å². The second-order valence-electron chi connectivity index (χ2n) is 5.65. The second-order valence-corrected chi connectivity index (χ2v) is 5.65. The third-order valence-electron chi connectivity index (χ3n) is 3.20. The van der Waals surface area contributed by atoms with E-state index in [0.717, 1.165) is 0 Å². The number of carbonyl (C=O) groups excluding carboxylic acids is 2. The van der Waals surface area contributed by atoms with E-state index < -0.39 is 17.9 Å². The molecule has 1 aromatic carbocycles.